The molecule has 0 saturated carbocycles. The number of likely N-dealkylation sites (N-methyl/N-ethyl adjacent to an activating group) is 1. The van der Waals surface area contributed by atoms with Crippen molar-refractivity contribution in [2.24, 2.45) is 0 Å². The molecule has 1 atom stereocenters. The molecule has 1 unspecified atom stereocenters. The number of aliphatic hydroxyl groups is 2. The van der Waals surface area contributed by atoms with Crippen molar-refractivity contribution in [1.29, 1.82) is 0 Å². The van der Waals surface area contributed by atoms with E-state index in [9.17, 15) is 5.11 Å². The molecule has 1 aromatic carbocycles. The van der Waals surface area contributed by atoms with Crippen LogP contribution in [0.25, 0.3) is 0 Å². The van der Waals surface area contributed by atoms with Gasteiger partial charge in [0.2, 0.25) is 0 Å². The summed E-state index contributed by atoms with van der Waals surface area (Å²) in [7, 11) is 3.58. The fourth-order valence-corrected chi connectivity index (χ4v) is 1.80. The lowest BCUT2D eigenvalue weighted by atomic mass is 10.1. The van der Waals surface area contributed by atoms with Gasteiger partial charge in [-0.2, -0.15) is 0 Å². The molecule has 0 aliphatic rings. The quantitative estimate of drug-likeness (QED) is 0.746. The van der Waals surface area contributed by atoms with Gasteiger partial charge in [0.05, 0.1) is 19.8 Å². The Morgan fingerprint density at radius 2 is 1.88 bits per heavy atom. The van der Waals surface area contributed by atoms with Gasteiger partial charge < -0.3 is 14.9 Å². The van der Waals surface area contributed by atoms with Gasteiger partial charge in [-0.1, -0.05) is 12.1 Å². The fraction of sp³-hybridized carbons (Fsp3) is 0.538. The molecular formula is C13H21NO3. The number of hydrogen-bond donors (Lipinski definition) is 2. The van der Waals surface area contributed by atoms with E-state index in [0.717, 1.165) is 17.9 Å². The molecule has 0 heterocycles. The topological polar surface area (TPSA) is 52.9 Å². The molecule has 0 aromatic heterocycles. The first-order valence-electron chi connectivity index (χ1n) is 5.78. The largest absolute Gasteiger partial charge is 0.497 e. The van der Waals surface area contributed by atoms with Gasteiger partial charge in [-0.15, -0.1) is 0 Å². The van der Waals surface area contributed by atoms with Crippen molar-refractivity contribution < 1.29 is 14.9 Å². The maximum atomic E-state index is 9.44. The van der Waals surface area contributed by atoms with Crippen LogP contribution in [0.5, 0.6) is 5.75 Å². The highest BCUT2D eigenvalue weighted by Crippen LogP contribution is 2.21. The molecule has 1 aromatic rings. The minimum atomic E-state index is -0.0348. The van der Waals surface area contributed by atoms with Crippen LogP contribution in [0.15, 0.2) is 24.3 Å². The van der Waals surface area contributed by atoms with Gasteiger partial charge in [-0.25, -0.2) is 0 Å². The lowest BCUT2D eigenvalue weighted by Gasteiger charge is -2.26. The Morgan fingerprint density at radius 1 is 1.24 bits per heavy atom. The number of methoxy groups -OCH3 is 1. The Morgan fingerprint density at radius 3 is 2.35 bits per heavy atom. The van der Waals surface area contributed by atoms with Crippen LogP contribution in [0.2, 0.25) is 0 Å². The lowest BCUT2D eigenvalue weighted by Crippen LogP contribution is -2.28. The molecule has 4 heteroatoms. The predicted octanol–water partition coefficient (Wildman–Crippen LogP) is 1.04. The van der Waals surface area contributed by atoms with E-state index < -0.39 is 0 Å². The van der Waals surface area contributed by atoms with Gasteiger partial charge in [0.15, 0.2) is 0 Å². The second kappa shape index (κ2) is 7.27. The molecule has 0 aliphatic carbocycles. The molecule has 0 saturated heterocycles. The maximum absolute atomic E-state index is 9.44. The van der Waals surface area contributed by atoms with Crippen LogP contribution in [-0.2, 0) is 0 Å². The normalized spacial score (nSPS) is 12.8. The zero-order valence-corrected chi connectivity index (χ0v) is 10.5. The summed E-state index contributed by atoms with van der Waals surface area (Å²) in [6, 6.07) is 7.65. The Labute approximate surface area is 102 Å². The van der Waals surface area contributed by atoms with Crippen LogP contribution < -0.4 is 4.74 Å². The molecule has 0 fully saturated rings. The van der Waals surface area contributed by atoms with E-state index in [4.69, 9.17) is 9.84 Å². The highest BCUT2D eigenvalue weighted by molar-refractivity contribution is 5.29. The van der Waals surface area contributed by atoms with E-state index in [0.29, 0.717) is 6.42 Å². The third-order valence-corrected chi connectivity index (χ3v) is 2.87. The van der Waals surface area contributed by atoms with Crippen molar-refractivity contribution >= 4 is 0 Å². The molecule has 0 amide bonds. The van der Waals surface area contributed by atoms with Gasteiger partial charge in [0, 0.05) is 13.2 Å². The average molecular weight is 239 g/mol. The number of ether oxygens (including phenoxy) is 1. The van der Waals surface area contributed by atoms with Crippen LogP contribution in [0.3, 0.4) is 0 Å². The summed E-state index contributed by atoms with van der Waals surface area (Å²) >= 11 is 0. The Bertz CT molecular complexity index is 313. The predicted molar refractivity (Wildman–Crippen MR) is 67.2 cm³/mol. The molecule has 96 valence electrons. The monoisotopic (exact) mass is 239 g/mol. The summed E-state index contributed by atoms with van der Waals surface area (Å²) in [6.07, 6.45) is 0.711. The lowest BCUT2D eigenvalue weighted by molar-refractivity contribution is 0.138. The molecule has 2 N–H and O–H groups in total. The van der Waals surface area contributed by atoms with Crippen LogP contribution >= 0.6 is 0 Å². The van der Waals surface area contributed by atoms with E-state index in [1.807, 2.05) is 36.2 Å². The third kappa shape index (κ3) is 4.00. The summed E-state index contributed by atoms with van der Waals surface area (Å²) in [5.74, 6) is 0.809. The van der Waals surface area contributed by atoms with Crippen LogP contribution in [-0.4, -0.2) is 49.0 Å². The maximum Gasteiger partial charge on any atom is 0.118 e. The van der Waals surface area contributed by atoms with E-state index >= 15 is 0 Å². The van der Waals surface area contributed by atoms with Crippen LogP contribution in [0.4, 0.5) is 0 Å². The van der Waals surface area contributed by atoms with Gasteiger partial charge in [0.1, 0.15) is 5.75 Å². The highest BCUT2D eigenvalue weighted by atomic mass is 16.5. The molecule has 0 bridgehead atoms. The number of aliphatic hydroxyl groups excluding tert-OH is 2. The van der Waals surface area contributed by atoms with Crippen molar-refractivity contribution in [2.45, 2.75) is 12.5 Å². The summed E-state index contributed by atoms with van der Waals surface area (Å²) in [5.41, 5.74) is 1.05. The molecule has 1 rings (SSSR count). The van der Waals surface area contributed by atoms with Gasteiger partial charge in [-0.3, -0.25) is 4.90 Å². The molecule has 0 spiro atoms. The molecule has 0 radical (unpaired) electrons. The van der Waals surface area contributed by atoms with Crippen molar-refractivity contribution in [2.75, 3.05) is 33.9 Å². The number of rotatable bonds is 7. The second-order valence-corrected chi connectivity index (χ2v) is 4.03. The van der Waals surface area contributed by atoms with Crippen molar-refractivity contribution in [3.63, 3.8) is 0 Å². The van der Waals surface area contributed by atoms with Crippen molar-refractivity contribution in [1.82, 2.24) is 4.90 Å². The van der Waals surface area contributed by atoms with E-state index in [-0.39, 0.29) is 19.3 Å². The standard InChI is InChI=1S/C13H21NO3/c1-14(8-3-9-15)13(10-16)11-4-6-12(17-2)7-5-11/h4-7,13,15-16H,3,8-10H2,1-2H3. The second-order valence-electron chi connectivity index (χ2n) is 4.03. The first kappa shape index (κ1) is 14.0. The molecule has 17 heavy (non-hydrogen) atoms. The van der Waals surface area contributed by atoms with E-state index in [1.54, 1.807) is 7.11 Å². The van der Waals surface area contributed by atoms with E-state index in [1.165, 1.54) is 0 Å². The minimum absolute atomic E-state index is 0.0348. The minimum Gasteiger partial charge on any atom is -0.497 e. The highest BCUT2D eigenvalue weighted by Gasteiger charge is 2.15. The molecular weight excluding hydrogens is 218 g/mol. The third-order valence-electron chi connectivity index (χ3n) is 2.87. The Kier molecular flexibility index (Phi) is 5.97. The number of nitrogens with zero attached hydrogens (tertiary/aromatic N) is 1. The van der Waals surface area contributed by atoms with Crippen molar-refractivity contribution in [3.05, 3.63) is 29.8 Å². The van der Waals surface area contributed by atoms with E-state index in [2.05, 4.69) is 0 Å². The average Bonchev–Trinajstić information content (AvgIpc) is 2.38. The SMILES string of the molecule is COc1ccc(C(CO)N(C)CCCO)cc1. The number of hydrogen-bond acceptors (Lipinski definition) is 4. The van der Waals surface area contributed by atoms with Gasteiger partial charge in [-0.05, 0) is 31.2 Å². The van der Waals surface area contributed by atoms with Crippen LogP contribution in [0, 0.1) is 0 Å². The zero-order valence-electron chi connectivity index (χ0n) is 10.5. The first-order chi connectivity index (χ1) is 8.22. The number of benzene rings is 1. The van der Waals surface area contributed by atoms with Crippen molar-refractivity contribution in [3.8, 4) is 5.75 Å². The first-order valence-corrected chi connectivity index (χ1v) is 5.78. The summed E-state index contributed by atoms with van der Waals surface area (Å²) in [5, 5.41) is 18.2. The smallest absolute Gasteiger partial charge is 0.118 e. The molecule has 4 nitrogen and oxygen atoms in total. The van der Waals surface area contributed by atoms with Crippen LogP contribution in [0.1, 0.15) is 18.0 Å². The van der Waals surface area contributed by atoms with Gasteiger partial charge in [0.25, 0.3) is 0 Å². The molecule has 0 aliphatic heterocycles. The zero-order chi connectivity index (χ0) is 12.7. The summed E-state index contributed by atoms with van der Waals surface area (Å²) < 4.78 is 5.10. The Balaban J connectivity index is 2.70. The Hall–Kier alpha value is -1.10. The fourth-order valence-electron chi connectivity index (χ4n) is 1.80. The summed E-state index contributed by atoms with van der Waals surface area (Å²) in [4.78, 5) is 2.04. The summed E-state index contributed by atoms with van der Waals surface area (Å²) in [6.45, 7) is 0.993. The van der Waals surface area contributed by atoms with Gasteiger partial charge >= 0.3 is 0 Å².